The second-order valence-corrected chi connectivity index (χ2v) is 5.49. The van der Waals surface area contributed by atoms with E-state index in [1.165, 1.54) is 0 Å². The molecule has 0 spiro atoms. The molecule has 2 aromatic carbocycles. The third-order valence-electron chi connectivity index (χ3n) is 3.51. The number of benzene rings is 2. The molecule has 2 aromatic rings. The van der Waals surface area contributed by atoms with Gasteiger partial charge in [-0.2, -0.15) is 5.10 Å². The first-order valence-corrected chi connectivity index (χ1v) is 7.95. The van der Waals surface area contributed by atoms with Gasteiger partial charge in [-0.3, -0.25) is 5.43 Å². The van der Waals surface area contributed by atoms with E-state index in [0.29, 0.717) is 27.9 Å². The van der Waals surface area contributed by atoms with Crippen LogP contribution in [0.4, 0.5) is 5.69 Å². The molecular weight excluding hydrogens is 338 g/mol. The zero-order valence-corrected chi connectivity index (χ0v) is 15.4. The van der Waals surface area contributed by atoms with E-state index in [2.05, 4.69) is 15.8 Å². The fourth-order valence-corrected chi connectivity index (χ4v) is 2.34. The van der Waals surface area contributed by atoms with Crippen molar-refractivity contribution >= 4 is 29.2 Å². The lowest BCUT2D eigenvalue weighted by Crippen LogP contribution is -2.24. The minimum absolute atomic E-state index is 0.386. The number of nitrogens with one attached hydrogen (secondary N) is 2. The lowest BCUT2D eigenvalue weighted by atomic mass is 10.2. The molecule has 25 heavy (non-hydrogen) atoms. The van der Waals surface area contributed by atoms with Crippen molar-refractivity contribution in [3.8, 4) is 17.2 Å². The number of thiocarbonyl (C=S) groups is 1. The molecule has 0 aliphatic heterocycles. The van der Waals surface area contributed by atoms with E-state index in [-0.39, 0.29) is 0 Å². The molecule has 0 amide bonds. The molecule has 0 saturated heterocycles. The number of ether oxygens (including phenoxy) is 3. The van der Waals surface area contributed by atoms with Gasteiger partial charge in [0.1, 0.15) is 17.2 Å². The van der Waals surface area contributed by atoms with Gasteiger partial charge < -0.3 is 19.5 Å². The summed E-state index contributed by atoms with van der Waals surface area (Å²) in [6, 6.07) is 11.4. The van der Waals surface area contributed by atoms with Crippen LogP contribution in [0, 0.1) is 6.92 Å². The average Bonchev–Trinajstić information content (AvgIpc) is 2.63. The van der Waals surface area contributed by atoms with Crippen molar-refractivity contribution in [3.63, 3.8) is 0 Å². The van der Waals surface area contributed by atoms with E-state index >= 15 is 0 Å². The van der Waals surface area contributed by atoms with E-state index < -0.39 is 0 Å². The normalized spacial score (nSPS) is 10.4. The summed E-state index contributed by atoms with van der Waals surface area (Å²) in [6.45, 7) is 2.00. The molecule has 0 radical (unpaired) electrons. The Balaban J connectivity index is 2.11. The number of rotatable bonds is 6. The summed E-state index contributed by atoms with van der Waals surface area (Å²) >= 11 is 5.25. The first-order chi connectivity index (χ1) is 12.1. The van der Waals surface area contributed by atoms with Crippen molar-refractivity contribution < 1.29 is 14.2 Å². The number of anilines is 1. The molecule has 0 aliphatic carbocycles. The molecule has 0 atom stereocenters. The molecular formula is C18H21N3O3S. The van der Waals surface area contributed by atoms with E-state index in [1.807, 2.05) is 31.2 Å². The van der Waals surface area contributed by atoms with Gasteiger partial charge in [0.05, 0.1) is 33.1 Å². The molecule has 0 bridgehead atoms. The molecule has 0 unspecified atom stereocenters. The highest BCUT2D eigenvalue weighted by molar-refractivity contribution is 7.80. The molecule has 2 N–H and O–H groups in total. The second-order valence-electron chi connectivity index (χ2n) is 5.08. The molecule has 0 fully saturated rings. The maximum absolute atomic E-state index is 5.37. The lowest BCUT2D eigenvalue weighted by molar-refractivity contribution is 0.374. The maximum Gasteiger partial charge on any atom is 0.191 e. The summed E-state index contributed by atoms with van der Waals surface area (Å²) in [5.74, 6) is 1.80. The highest BCUT2D eigenvalue weighted by Crippen LogP contribution is 2.32. The highest BCUT2D eigenvalue weighted by atomic mass is 32.1. The summed E-state index contributed by atoms with van der Waals surface area (Å²) in [5, 5.41) is 7.64. The predicted octanol–water partition coefficient (Wildman–Crippen LogP) is 3.34. The number of hydrogen-bond donors (Lipinski definition) is 2. The van der Waals surface area contributed by atoms with Crippen molar-refractivity contribution in [2.75, 3.05) is 26.6 Å². The molecule has 7 heteroatoms. The Morgan fingerprint density at radius 1 is 1.04 bits per heavy atom. The van der Waals surface area contributed by atoms with Crippen LogP contribution in [0.2, 0.25) is 0 Å². The number of nitrogens with zero attached hydrogens (tertiary/aromatic N) is 1. The van der Waals surface area contributed by atoms with Gasteiger partial charge in [0.25, 0.3) is 0 Å². The van der Waals surface area contributed by atoms with Gasteiger partial charge in [-0.25, -0.2) is 0 Å². The van der Waals surface area contributed by atoms with Crippen LogP contribution in [0.25, 0.3) is 0 Å². The SMILES string of the molecule is COc1cc(OC)c(/C=N\NC(=S)Nc2ccccc2C)c(OC)c1. The first kappa shape index (κ1) is 18.5. The number of aryl methyl sites for hydroxylation is 1. The van der Waals surface area contributed by atoms with Gasteiger partial charge in [-0.1, -0.05) is 18.2 Å². The monoisotopic (exact) mass is 359 g/mol. The first-order valence-electron chi connectivity index (χ1n) is 7.54. The van der Waals surface area contributed by atoms with Crippen molar-refractivity contribution in [2.45, 2.75) is 6.92 Å². The topological polar surface area (TPSA) is 64.1 Å². The summed E-state index contributed by atoms with van der Waals surface area (Å²) in [5.41, 5.74) is 5.48. The molecule has 0 saturated carbocycles. The summed E-state index contributed by atoms with van der Waals surface area (Å²) in [7, 11) is 4.73. The Kier molecular flexibility index (Phi) is 6.59. The predicted molar refractivity (Wildman–Crippen MR) is 104 cm³/mol. The average molecular weight is 359 g/mol. The van der Waals surface area contributed by atoms with Gasteiger partial charge in [0, 0.05) is 17.8 Å². The summed E-state index contributed by atoms with van der Waals surface area (Å²) in [6.07, 6.45) is 1.59. The highest BCUT2D eigenvalue weighted by Gasteiger charge is 2.11. The van der Waals surface area contributed by atoms with Crippen molar-refractivity contribution in [1.29, 1.82) is 0 Å². The van der Waals surface area contributed by atoms with Crippen LogP contribution in [0.5, 0.6) is 17.2 Å². The van der Waals surface area contributed by atoms with Crippen LogP contribution in [-0.2, 0) is 0 Å². The molecule has 6 nitrogen and oxygen atoms in total. The molecule has 0 aromatic heterocycles. The Labute approximate surface area is 152 Å². The van der Waals surface area contributed by atoms with Gasteiger partial charge >= 0.3 is 0 Å². The van der Waals surface area contributed by atoms with Crippen LogP contribution >= 0.6 is 12.2 Å². The van der Waals surface area contributed by atoms with Crippen LogP contribution in [0.15, 0.2) is 41.5 Å². The molecule has 2 rings (SSSR count). The Hall–Kier alpha value is -2.80. The third kappa shape index (κ3) is 4.84. The Morgan fingerprint density at radius 3 is 2.24 bits per heavy atom. The molecule has 132 valence electrons. The van der Waals surface area contributed by atoms with Crippen molar-refractivity contribution in [1.82, 2.24) is 5.43 Å². The quantitative estimate of drug-likeness (QED) is 0.469. The fourth-order valence-electron chi connectivity index (χ4n) is 2.18. The smallest absolute Gasteiger partial charge is 0.191 e. The number of methoxy groups -OCH3 is 3. The van der Waals surface area contributed by atoms with Crippen molar-refractivity contribution in [2.24, 2.45) is 5.10 Å². The number of para-hydroxylation sites is 1. The number of hydrogen-bond acceptors (Lipinski definition) is 5. The van der Waals surface area contributed by atoms with Gasteiger partial charge in [-0.15, -0.1) is 0 Å². The number of hydrazone groups is 1. The Morgan fingerprint density at radius 2 is 1.68 bits per heavy atom. The Bertz CT molecular complexity index is 753. The lowest BCUT2D eigenvalue weighted by Gasteiger charge is -2.12. The third-order valence-corrected chi connectivity index (χ3v) is 3.70. The van der Waals surface area contributed by atoms with Gasteiger partial charge in [0.15, 0.2) is 5.11 Å². The van der Waals surface area contributed by atoms with Crippen LogP contribution < -0.4 is 25.0 Å². The van der Waals surface area contributed by atoms with Crippen molar-refractivity contribution in [3.05, 3.63) is 47.5 Å². The van der Waals surface area contributed by atoms with Gasteiger partial charge in [-0.05, 0) is 30.8 Å². The molecule has 0 heterocycles. The fraction of sp³-hybridized carbons (Fsp3) is 0.222. The summed E-state index contributed by atoms with van der Waals surface area (Å²) in [4.78, 5) is 0. The van der Waals surface area contributed by atoms with Gasteiger partial charge in [0.2, 0.25) is 0 Å². The van der Waals surface area contributed by atoms with E-state index in [0.717, 1.165) is 11.3 Å². The van der Waals surface area contributed by atoms with E-state index in [1.54, 1.807) is 39.7 Å². The minimum atomic E-state index is 0.386. The van der Waals surface area contributed by atoms with E-state index in [4.69, 9.17) is 26.4 Å². The standard InChI is InChI=1S/C18H21N3O3S/c1-12-7-5-6-8-15(12)20-18(25)21-19-11-14-16(23-3)9-13(22-2)10-17(14)24-4/h5-11H,1-4H3,(H2,20,21,25)/b19-11-. The largest absolute Gasteiger partial charge is 0.496 e. The molecule has 0 aliphatic rings. The second kappa shape index (κ2) is 8.89. The van der Waals surface area contributed by atoms with Crippen LogP contribution in [-0.4, -0.2) is 32.7 Å². The van der Waals surface area contributed by atoms with Crippen LogP contribution in [0.1, 0.15) is 11.1 Å². The van der Waals surface area contributed by atoms with Crippen LogP contribution in [0.3, 0.4) is 0 Å². The minimum Gasteiger partial charge on any atom is -0.496 e. The summed E-state index contributed by atoms with van der Waals surface area (Å²) < 4.78 is 16.0. The zero-order valence-electron chi connectivity index (χ0n) is 14.6. The zero-order chi connectivity index (χ0) is 18.2. The van der Waals surface area contributed by atoms with E-state index in [9.17, 15) is 0 Å². The maximum atomic E-state index is 5.37.